The molecule has 8 heteroatoms. The van der Waals surface area contributed by atoms with Crippen LogP contribution in [0.5, 0.6) is 0 Å². The Bertz CT molecular complexity index is 1280. The molecule has 0 saturated heterocycles. The SMILES string of the molecule is O=C(NNc1ccccc1)c1nc2cc3c(-c4ccncc4)n[nH]c3cc2[nH]1. The summed E-state index contributed by atoms with van der Waals surface area (Å²) in [5.41, 5.74) is 10.4. The van der Waals surface area contributed by atoms with Crippen LogP contribution in [0.2, 0.25) is 0 Å². The molecule has 5 aromatic rings. The van der Waals surface area contributed by atoms with E-state index in [0.717, 1.165) is 33.4 Å². The Labute approximate surface area is 159 Å². The lowest BCUT2D eigenvalue weighted by Gasteiger charge is -2.06. The first-order chi connectivity index (χ1) is 13.8. The predicted molar refractivity (Wildman–Crippen MR) is 107 cm³/mol. The van der Waals surface area contributed by atoms with Crippen molar-refractivity contribution in [3.05, 3.63) is 72.8 Å². The van der Waals surface area contributed by atoms with Gasteiger partial charge in [0.15, 0.2) is 5.82 Å². The molecule has 0 aliphatic carbocycles. The van der Waals surface area contributed by atoms with Gasteiger partial charge in [0.2, 0.25) is 0 Å². The Morgan fingerprint density at radius 1 is 0.964 bits per heavy atom. The van der Waals surface area contributed by atoms with Crippen molar-refractivity contribution in [3.8, 4) is 11.3 Å². The molecule has 0 fully saturated rings. The van der Waals surface area contributed by atoms with Crippen molar-refractivity contribution in [3.63, 3.8) is 0 Å². The summed E-state index contributed by atoms with van der Waals surface area (Å²) in [4.78, 5) is 23.9. The Morgan fingerprint density at radius 2 is 1.79 bits per heavy atom. The Kier molecular flexibility index (Phi) is 3.72. The normalized spacial score (nSPS) is 11.0. The summed E-state index contributed by atoms with van der Waals surface area (Å²) in [6.07, 6.45) is 3.45. The van der Waals surface area contributed by atoms with E-state index in [1.807, 2.05) is 54.6 Å². The van der Waals surface area contributed by atoms with E-state index >= 15 is 0 Å². The monoisotopic (exact) mass is 369 g/mol. The summed E-state index contributed by atoms with van der Waals surface area (Å²) >= 11 is 0. The van der Waals surface area contributed by atoms with E-state index in [4.69, 9.17) is 0 Å². The maximum atomic E-state index is 12.4. The number of hydrogen-bond donors (Lipinski definition) is 4. The summed E-state index contributed by atoms with van der Waals surface area (Å²) in [5.74, 6) is -0.124. The highest BCUT2D eigenvalue weighted by Crippen LogP contribution is 2.28. The molecule has 0 atom stereocenters. The first-order valence-electron chi connectivity index (χ1n) is 8.67. The molecule has 28 heavy (non-hydrogen) atoms. The lowest BCUT2D eigenvalue weighted by atomic mass is 10.1. The third-order valence-corrected chi connectivity index (χ3v) is 4.43. The van der Waals surface area contributed by atoms with E-state index in [1.165, 1.54) is 0 Å². The minimum atomic E-state index is -0.351. The van der Waals surface area contributed by atoms with Crippen molar-refractivity contribution < 1.29 is 4.79 Å². The first-order valence-corrected chi connectivity index (χ1v) is 8.67. The number of benzene rings is 2. The van der Waals surface area contributed by atoms with Crippen LogP contribution in [0, 0.1) is 0 Å². The van der Waals surface area contributed by atoms with Gasteiger partial charge >= 0.3 is 5.91 Å². The minimum absolute atomic E-state index is 0.226. The molecule has 1 amide bonds. The molecule has 0 spiro atoms. The molecule has 0 bridgehead atoms. The summed E-state index contributed by atoms with van der Waals surface area (Å²) < 4.78 is 0. The number of hydrazine groups is 1. The number of para-hydroxylation sites is 1. The molecule has 8 nitrogen and oxygen atoms in total. The zero-order valence-corrected chi connectivity index (χ0v) is 14.6. The molecule has 3 aromatic heterocycles. The van der Waals surface area contributed by atoms with Gasteiger partial charge in [-0.2, -0.15) is 5.10 Å². The molecular weight excluding hydrogens is 354 g/mol. The number of amides is 1. The molecule has 3 heterocycles. The molecule has 136 valence electrons. The maximum absolute atomic E-state index is 12.4. The van der Waals surface area contributed by atoms with Crippen molar-refractivity contribution in [2.75, 3.05) is 5.43 Å². The third-order valence-electron chi connectivity index (χ3n) is 4.43. The minimum Gasteiger partial charge on any atom is -0.334 e. The van der Waals surface area contributed by atoms with Gasteiger partial charge in [0.25, 0.3) is 0 Å². The van der Waals surface area contributed by atoms with Crippen LogP contribution in [-0.4, -0.2) is 31.1 Å². The number of carbonyl (C=O) groups is 1. The van der Waals surface area contributed by atoms with E-state index in [2.05, 4.69) is 36.0 Å². The Morgan fingerprint density at radius 3 is 2.61 bits per heavy atom. The number of aromatic amines is 2. The molecule has 4 N–H and O–H groups in total. The van der Waals surface area contributed by atoms with Gasteiger partial charge < -0.3 is 4.98 Å². The van der Waals surface area contributed by atoms with E-state index in [-0.39, 0.29) is 11.7 Å². The molecule has 0 unspecified atom stereocenters. The van der Waals surface area contributed by atoms with E-state index in [0.29, 0.717) is 5.52 Å². The molecular formula is C20H15N7O. The summed E-state index contributed by atoms with van der Waals surface area (Å²) in [6, 6.07) is 17.0. The van der Waals surface area contributed by atoms with Gasteiger partial charge in [0.05, 0.1) is 22.2 Å². The summed E-state index contributed by atoms with van der Waals surface area (Å²) in [7, 11) is 0. The van der Waals surface area contributed by atoms with Crippen molar-refractivity contribution >= 4 is 33.5 Å². The topological polar surface area (TPSA) is 111 Å². The van der Waals surface area contributed by atoms with Gasteiger partial charge in [-0.25, -0.2) is 4.98 Å². The molecule has 0 radical (unpaired) electrons. The van der Waals surface area contributed by atoms with Gasteiger partial charge in [-0.05, 0) is 36.4 Å². The number of anilines is 1. The second-order valence-electron chi connectivity index (χ2n) is 6.25. The van der Waals surface area contributed by atoms with Crippen molar-refractivity contribution in [2.24, 2.45) is 0 Å². The Hall–Kier alpha value is -4.20. The van der Waals surface area contributed by atoms with Gasteiger partial charge in [0, 0.05) is 23.3 Å². The zero-order valence-electron chi connectivity index (χ0n) is 14.6. The van der Waals surface area contributed by atoms with Crippen LogP contribution in [0.25, 0.3) is 33.2 Å². The zero-order chi connectivity index (χ0) is 18.9. The standard InChI is InChI=1S/C20H15N7O/c28-20(27-24-13-4-2-1-3-5-13)19-22-16-10-14-15(11-17(16)23-19)25-26-18(14)12-6-8-21-9-7-12/h1-11,24H,(H,22,23)(H,25,26)(H,27,28). The number of pyridine rings is 1. The molecule has 0 aliphatic heterocycles. The third kappa shape index (κ3) is 2.82. The van der Waals surface area contributed by atoms with Crippen molar-refractivity contribution in [1.82, 2.24) is 30.6 Å². The quantitative estimate of drug-likeness (QED) is 0.363. The highest BCUT2D eigenvalue weighted by molar-refractivity contribution is 6.02. The van der Waals surface area contributed by atoms with Crippen molar-refractivity contribution in [2.45, 2.75) is 0 Å². The average molecular weight is 369 g/mol. The number of fused-ring (bicyclic) bond motifs is 2. The van der Waals surface area contributed by atoms with Crippen LogP contribution in [-0.2, 0) is 0 Å². The second-order valence-corrected chi connectivity index (χ2v) is 6.25. The number of H-pyrrole nitrogens is 2. The Balaban J connectivity index is 1.46. The lowest BCUT2D eigenvalue weighted by Crippen LogP contribution is -2.30. The number of rotatable bonds is 4. The van der Waals surface area contributed by atoms with Gasteiger partial charge in [-0.15, -0.1) is 0 Å². The maximum Gasteiger partial charge on any atom is 0.305 e. The van der Waals surface area contributed by atoms with Gasteiger partial charge in [-0.3, -0.25) is 25.7 Å². The fourth-order valence-electron chi connectivity index (χ4n) is 3.07. The van der Waals surface area contributed by atoms with Crippen LogP contribution < -0.4 is 10.9 Å². The largest absolute Gasteiger partial charge is 0.334 e. The van der Waals surface area contributed by atoms with E-state index in [1.54, 1.807) is 12.4 Å². The van der Waals surface area contributed by atoms with E-state index < -0.39 is 0 Å². The first kappa shape index (κ1) is 16.0. The number of nitrogens with one attached hydrogen (secondary N) is 4. The summed E-state index contributed by atoms with van der Waals surface area (Å²) in [5, 5.41) is 8.37. The number of aromatic nitrogens is 5. The van der Waals surface area contributed by atoms with Crippen LogP contribution >= 0.6 is 0 Å². The van der Waals surface area contributed by atoms with Crippen LogP contribution in [0.4, 0.5) is 5.69 Å². The summed E-state index contributed by atoms with van der Waals surface area (Å²) in [6.45, 7) is 0. The number of nitrogens with zero attached hydrogens (tertiary/aromatic N) is 3. The van der Waals surface area contributed by atoms with Crippen LogP contribution in [0.15, 0.2) is 67.0 Å². The fraction of sp³-hybridized carbons (Fsp3) is 0. The lowest BCUT2D eigenvalue weighted by molar-refractivity contribution is 0.0953. The van der Waals surface area contributed by atoms with Gasteiger partial charge in [-0.1, -0.05) is 18.2 Å². The smallest absolute Gasteiger partial charge is 0.305 e. The second kappa shape index (κ2) is 6.51. The van der Waals surface area contributed by atoms with Gasteiger partial charge in [0.1, 0.15) is 5.69 Å². The van der Waals surface area contributed by atoms with E-state index in [9.17, 15) is 4.79 Å². The number of carbonyl (C=O) groups excluding carboxylic acids is 1. The highest BCUT2D eigenvalue weighted by Gasteiger charge is 2.15. The average Bonchev–Trinajstić information content (AvgIpc) is 3.35. The van der Waals surface area contributed by atoms with Crippen LogP contribution in [0.1, 0.15) is 10.6 Å². The number of imidazole rings is 1. The van der Waals surface area contributed by atoms with Crippen molar-refractivity contribution in [1.29, 1.82) is 0 Å². The number of hydrogen-bond acceptors (Lipinski definition) is 5. The molecule has 5 rings (SSSR count). The molecule has 0 aliphatic rings. The van der Waals surface area contributed by atoms with Crippen LogP contribution in [0.3, 0.4) is 0 Å². The fourth-order valence-corrected chi connectivity index (χ4v) is 3.07. The molecule has 2 aromatic carbocycles. The predicted octanol–water partition coefficient (Wildman–Crippen LogP) is 3.26. The highest BCUT2D eigenvalue weighted by atomic mass is 16.2. The molecule has 0 saturated carbocycles.